The van der Waals surface area contributed by atoms with Crippen molar-refractivity contribution in [2.75, 3.05) is 19.4 Å². The number of anilines is 1. The van der Waals surface area contributed by atoms with Crippen LogP contribution in [0.25, 0.3) is 0 Å². The molecule has 1 aromatic carbocycles. The number of amides is 2. The molecular weight excluding hydrogens is 242 g/mol. The summed E-state index contributed by atoms with van der Waals surface area (Å²) < 4.78 is 22.3. The van der Waals surface area contributed by atoms with Crippen molar-refractivity contribution in [3.63, 3.8) is 0 Å². The number of aryl methyl sites for hydroxylation is 1. The summed E-state index contributed by atoms with van der Waals surface area (Å²) in [4.78, 5) is 12.8. The molecule has 0 aliphatic heterocycles. The van der Waals surface area contributed by atoms with Crippen molar-refractivity contribution in [2.45, 2.75) is 11.8 Å². The number of hydrogen-bond donors (Lipinski definition) is 2. The Hall–Kier alpha value is -1.60. The van der Waals surface area contributed by atoms with Gasteiger partial charge in [0.15, 0.2) is 0 Å². The number of carbonyl (C=O) groups is 1. The van der Waals surface area contributed by atoms with Gasteiger partial charge in [0, 0.05) is 19.8 Å². The second kappa shape index (κ2) is 4.72. The molecule has 1 rings (SSSR count). The Morgan fingerprint density at radius 3 is 2.41 bits per heavy atom. The van der Waals surface area contributed by atoms with E-state index in [1.165, 1.54) is 17.0 Å². The van der Waals surface area contributed by atoms with Crippen LogP contribution in [-0.2, 0) is 10.0 Å². The zero-order chi connectivity index (χ0) is 13.2. The fourth-order valence-corrected chi connectivity index (χ4v) is 1.68. The minimum Gasteiger partial charge on any atom is -0.331 e. The van der Waals surface area contributed by atoms with Crippen LogP contribution in [0.3, 0.4) is 0 Å². The Kier molecular flexibility index (Phi) is 3.74. The summed E-state index contributed by atoms with van der Waals surface area (Å²) in [6, 6.07) is 3.99. The van der Waals surface area contributed by atoms with E-state index in [1.807, 2.05) is 0 Å². The highest BCUT2D eigenvalue weighted by Gasteiger charge is 2.12. The van der Waals surface area contributed by atoms with Crippen LogP contribution in [0, 0.1) is 6.92 Å². The number of carbonyl (C=O) groups excluding carboxylic acids is 1. The topological polar surface area (TPSA) is 92.5 Å². The lowest BCUT2D eigenvalue weighted by molar-refractivity contribution is 0.230. The highest BCUT2D eigenvalue weighted by Crippen LogP contribution is 2.19. The molecule has 3 N–H and O–H groups in total. The molecule has 0 heterocycles. The fourth-order valence-electron chi connectivity index (χ4n) is 1.14. The highest BCUT2D eigenvalue weighted by atomic mass is 32.2. The maximum absolute atomic E-state index is 11.5. The third-order valence-corrected chi connectivity index (χ3v) is 3.10. The first-order valence-corrected chi connectivity index (χ1v) is 6.38. The van der Waals surface area contributed by atoms with Crippen LogP contribution in [0.2, 0.25) is 0 Å². The summed E-state index contributed by atoms with van der Waals surface area (Å²) in [6.45, 7) is 1.76. The van der Waals surface area contributed by atoms with Gasteiger partial charge in [0.2, 0.25) is 10.0 Å². The third-order valence-electron chi connectivity index (χ3n) is 2.19. The van der Waals surface area contributed by atoms with Crippen LogP contribution in [0.5, 0.6) is 0 Å². The molecule has 0 fully saturated rings. The molecule has 0 atom stereocenters. The number of nitrogens with one attached hydrogen (secondary N) is 1. The smallest absolute Gasteiger partial charge is 0.321 e. The van der Waals surface area contributed by atoms with E-state index >= 15 is 0 Å². The van der Waals surface area contributed by atoms with E-state index < -0.39 is 10.0 Å². The summed E-state index contributed by atoms with van der Waals surface area (Å²) >= 11 is 0. The lowest BCUT2D eigenvalue weighted by Gasteiger charge is -2.14. The number of sulfonamides is 1. The van der Waals surface area contributed by atoms with Crippen LogP contribution in [0.1, 0.15) is 5.56 Å². The van der Waals surface area contributed by atoms with Crippen molar-refractivity contribution < 1.29 is 13.2 Å². The van der Waals surface area contributed by atoms with E-state index in [9.17, 15) is 13.2 Å². The zero-order valence-corrected chi connectivity index (χ0v) is 10.7. The molecule has 0 radical (unpaired) electrons. The minimum absolute atomic E-state index is 0.0304. The van der Waals surface area contributed by atoms with Gasteiger partial charge in [-0.05, 0) is 24.6 Å². The molecule has 0 aromatic heterocycles. The van der Waals surface area contributed by atoms with E-state index in [0.717, 1.165) is 5.56 Å². The average molecular weight is 257 g/mol. The molecule has 1 aromatic rings. The van der Waals surface area contributed by atoms with Gasteiger partial charge in [0.1, 0.15) is 0 Å². The number of hydrogen-bond acceptors (Lipinski definition) is 3. The monoisotopic (exact) mass is 257 g/mol. The molecule has 0 bridgehead atoms. The summed E-state index contributed by atoms with van der Waals surface area (Å²) in [7, 11) is -0.580. The average Bonchev–Trinajstić information content (AvgIpc) is 2.19. The van der Waals surface area contributed by atoms with Gasteiger partial charge >= 0.3 is 6.03 Å². The normalized spacial score (nSPS) is 11.1. The Morgan fingerprint density at radius 2 is 1.94 bits per heavy atom. The zero-order valence-electron chi connectivity index (χ0n) is 9.89. The summed E-state index contributed by atoms with van der Waals surface area (Å²) in [5.74, 6) is 0. The van der Waals surface area contributed by atoms with E-state index in [-0.39, 0.29) is 10.9 Å². The highest BCUT2D eigenvalue weighted by molar-refractivity contribution is 7.89. The molecular formula is C10H15N3O3S. The lowest BCUT2D eigenvalue weighted by atomic mass is 10.2. The molecule has 0 aliphatic rings. The first-order valence-electron chi connectivity index (χ1n) is 4.83. The Morgan fingerprint density at radius 1 is 1.35 bits per heavy atom. The van der Waals surface area contributed by atoms with Gasteiger partial charge in [0.05, 0.1) is 4.90 Å². The van der Waals surface area contributed by atoms with Crippen molar-refractivity contribution >= 4 is 21.7 Å². The molecule has 17 heavy (non-hydrogen) atoms. The van der Waals surface area contributed by atoms with Gasteiger partial charge in [0.25, 0.3) is 0 Å². The maximum Gasteiger partial charge on any atom is 0.321 e. The van der Waals surface area contributed by atoms with Crippen molar-refractivity contribution in [1.29, 1.82) is 0 Å². The standard InChI is InChI=1S/C10H15N3O3S/c1-7-4-5-8(17(11,15)16)6-9(7)12-10(14)13(2)3/h4-6H,1-3H3,(H,12,14)(H2,11,15,16). The van der Waals surface area contributed by atoms with Crippen molar-refractivity contribution in [3.05, 3.63) is 23.8 Å². The van der Waals surface area contributed by atoms with E-state index in [1.54, 1.807) is 27.1 Å². The number of urea groups is 1. The van der Waals surface area contributed by atoms with Gasteiger partial charge in [-0.1, -0.05) is 6.07 Å². The molecule has 0 spiro atoms. The molecule has 6 nitrogen and oxygen atoms in total. The largest absolute Gasteiger partial charge is 0.331 e. The number of rotatable bonds is 2. The Bertz CT molecular complexity index is 538. The molecule has 0 saturated heterocycles. The van der Waals surface area contributed by atoms with Crippen LogP contribution >= 0.6 is 0 Å². The quantitative estimate of drug-likeness (QED) is 0.818. The van der Waals surface area contributed by atoms with E-state index in [2.05, 4.69) is 5.32 Å². The first-order chi connectivity index (χ1) is 7.71. The van der Waals surface area contributed by atoms with Crippen molar-refractivity contribution in [2.24, 2.45) is 5.14 Å². The maximum atomic E-state index is 11.5. The van der Waals surface area contributed by atoms with Crippen LogP contribution < -0.4 is 10.5 Å². The SMILES string of the molecule is Cc1ccc(S(N)(=O)=O)cc1NC(=O)N(C)C. The number of nitrogens with two attached hydrogens (primary N) is 1. The van der Waals surface area contributed by atoms with E-state index in [4.69, 9.17) is 5.14 Å². The first kappa shape index (κ1) is 13.5. The van der Waals surface area contributed by atoms with Gasteiger partial charge in [-0.15, -0.1) is 0 Å². The van der Waals surface area contributed by atoms with Gasteiger partial charge in [-0.3, -0.25) is 0 Å². The number of primary sulfonamides is 1. The second-order valence-corrected chi connectivity index (χ2v) is 5.41. The molecule has 7 heteroatoms. The van der Waals surface area contributed by atoms with Gasteiger partial charge in [-0.2, -0.15) is 0 Å². The van der Waals surface area contributed by atoms with Crippen molar-refractivity contribution in [3.8, 4) is 0 Å². The molecule has 0 saturated carbocycles. The number of nitrogens with zero attached hydrogens (tertiary/aromatic N) is 1. The molecule has 0 aliphatic carbocycles. The third kappa shape index (κ3) is 3.43. The molecule has 2 amide bonds. The Balaban J connectivity index is 3.12. The Labute approximate surface area is 100 Å². The summed E-state index contributed by atoms with van der Waals surface area (Å²) in [5.41, 5.74) is 1.18. The minimum atomic E-state index is -3.76. The summed E-state index contributed by atoms with van der Waals surface area (Å²) in [5, 5.41) is 7.60. The lowest BCUT2D eigenvalue weighted by Crippen LogP contribution is -2.27. The summed E-state index contributed by atoms with van der Waals surface area (Å²) in [6.07, 6.45) is 0. The molecule has 0 unspecified atom stereocenters. The van der Waals surface area contributed by atoms with Crippen LogP contribution in [0.4, 0.5) is 10.5 Å². The van der Waals surface area contributed by atoms with Gasteiger partial charge < -0.3 is 10.2 Å². The molecule has 94 valence electrons. The van der Waals surface area contributed by atoms with E-state index in [0.29, 0.717) is 5.69 Å². The van der Waals surface area contributed by atoms with Crippen LogP contribution in [-0.4, -0.2) is 33.4 Å². The predicted octanol–water partition coefficient (Wildman–Crippen LogP) is 0.736. The second-order valence-electron chi connectivity index (χ2n) is 3.85. The van der Waals surface area contributed by atoms with Crippen molar-refractivity contribution in [1.82, 2.24) is 4.90 Å². The van der Waals surface area contributed by atoms with Gasteiger partial charge in [-0.25, -0.2) is 18.4 Å². The fraction of sp³-hybridized carbons (Fsp3) is 0.300. The number of benzene rings is 1. The van der Waals surface area contributed by atoms with Crippen LogP contribution in [0.15, 0.2) is 23.1 Å². The predicted molar refractivity (Wildman–Crippen MR) is 65.3 cm³/mol.